The Morgan fingerprint density at radius 3 is 2.29 bits per heavy atom. The summed E-state index contributed by atoms with van der Waals surface area (Å²) in [6.07, 6.45) is 7.05. The Hall–Kier alpha value is -3.37. The standard InChI is InChI=1S/C27H28O4/c28-20-8-1-2-9-21-30-24-17-14-22(15-18-24)16-19-27(29)31-26-13-7-6-12-25(26)23-10-4-3-5-11-23/h3-7,10-19,28H,1-2,8-9,20-21H2. The maximum Gasteiger partial charge on any atom is 0.336 e. The van der Waals surface area contributed by atoms with Gasteiger partial charge in [0.05, 0.1) is 6.61 Å². The van der Waals surface area contributed by atoms with Gasteiger partial charge in [-0.15, -0.1) is 0 Å². The first-order valence-corrected chi connectivity index (χ1v) is 10.6. The fourth-order valence-corrected chi connectivity index (χ4v) is 3.15. The second-order valence-corrected chi connectivity index (χ2v) is 7.17. The predicted octanol–water partition coefficient (Wildman–Crippen LogP) is 5.90. The van der Waals surface area contributed by atoms with Gasteiger partial charge in [0.25, 0.3) is 0 Å². The van der Waals surface area contributed by atoms with Crippen LogP contribution in [0.1, 0.15) is 31.2 Å². The van der Waals surface area contributed by atoms with Crippen molar-refractivity contribution in [3.8, 4) is 22.6 Å². The minimum atomic E-state index is -0.424. The average Bonchev–Trinajstić information content (AvgIpc) is 2.82. The molecule has 0 spiro atoms. The van der Waals surface area contributed by atoms with Crippen LogP contribution in [0.3, 0.4) is 0 Å². The first-order chi connectivity index (χ1) is 15.3. The fraction of sp³-hybridized carbons (Fsp3) is 0.222. The summed E-state index contributed by atoms with van der Waals surface area (Å²) in [7, 11) is 0. The lowest BCUT2D eigenvalue weighted by Crippen LogP contribution is -2.04. The Bertz CT molecular complexity index is 962. The first kappa shape index (κ1) is 22.3. The van der Waals surface area contributed by atoms with E-state index in [1.54, 1.807) is 12.1 Å². The molecule has 4 heteroatoms. The van der Waals surface area contributed by atoms with E-state index in [1.165, 1.54) is 6.08 Å². The Labute approximate surface area is 183 Å². The first-order valence-electron chi connectivity index (χ1n) is 10.6. The molecular weight excluding hydrogens is 388 g/mol. The van der Waals surface area contributed by atoms with Crippen molar-refractivity contribution in [1.29, 1.82) is 0 Å². The van der Waals surface area contributed by atoms with Crippen LogP contribution in [0.2, 0.25) is 0 Å². The van der Waals surface area contributed by atoms with Crippen LogP contribution in [0.4, 0.5) is 0 Å². The van der Waals surface area contributed by atoms with E-state index in [4.69, 9.17) is 14.6 Å². The maximum atomic E-state index is 12.3. The summed E-state index contributed by atoms with van der Waals surface area (Å²) in [5.41, 5.74) is 2.77. The highest BCUT2D eigenvalue weighted by molar-refractivity contribution is 5.90. The van der Waals surface area contributed by atoms with Crippen molar-refractivity contribution in [2.45, 2.75) is 25.7 Å². The number of aliphatic hydroxyl groups excluding tert-OH is 1. The zero-order valence-corrected chi connectivity index (χ0v) is 17.6. The molecule has 0 aliphatic heterocycles. The number of ether oxygens (including phenoxy) is 2. The molecule has 0 saturated carbocycles. The van der Waals surface area contributed by atoms with E-state index in [2.05, 4.69) is 0 Å². The molecule has 0 heterocycles. The van der Waals surface area contributed by atoms with Crippen LogP contribution in [0.15, 0.2) is 84.9 Å². The van der Waals surface area contributed by atoms with E-state index in [-0.39, 0.29) is 6.61 Å². The predicted molar refractivity (Wildman–Crippen MR) is 124 cm³/mol. The zero-order valence-electron chi connectivity index (χ0n) is 17.6. The van der Waals surface area contributed by atoms with Gasteiger partial charge in [0, 0.05) is 18.2 Å². The lowest BCUT2D eigenvalue weighted by Gasteiger charge is -2.09. The third-order valence-electron chi connectivity index (χ3n) is 4.80. The molecule has 31 heavy (non-hydrogen) atoms. The van der Waals surface area contributed by atoms with Gasteiger partial charge < -0.3 is 14.6 Å². The van der Waals surface area contributed by atoms with Crippen molar-refractivity contribution in [2.24, 2.45) is 0 Å². The van der Waals surface area contributed by atoms with E-state index in [0.717, 1.165) is 48.1 Å². The van der Waals surface area contributed by atoms with Gasteiger partial charge in [-0.25, -0.2) is 4.79 Å². The highest BCUT2D eigenvalue weighted by Crippen LogP contribution is 2.29. The molecule has 3 aromatic rings. The van der Waals surface area contributed by atoms with Crippen molar-refractivity contribution in [1.82, 2.24) is 0 Å². The molecule has 0 aliphatic rings. The summed E-state index contributed by atoms with van der Waals surface area (Å²) in [6.45, 7) is 0.913. The van der Waals surface area contributed by atoms with Gasteiger partial charge in [0.2, 0.25) is 0 Å². The van der Waals surface area contributed by atoms with E-state index < -0.39 is 5.97 Å². The molecule has 0 bridgehead atoms. The molecule has 0 aromatic heterocycles. The van der Waals surface area contributed by atoms with Crippen LogP contribution >= 0.6 is 0 Å². The molecule has 0 amide bonds. The molecule has 0 saturated heterocycles. The molecule has 3 aromatic carbocycles. The van der Waals surface area contributed by atoms with Crippen LogP contribution < -0.4 is 9.47 Å². The number of carbonyl (C=O) groups is 1. The summed E-state index contributed by atoms with van der Waals surface area (Å²) >= 11 is 0. The van der Waals surface area contributed by atoms with Crippen LogP contribution in [-0.4, -0.2) is 24.3 Å². The van der Waals surface area contributed by atoms with Gasteiger partial charge in [-0.05, 0) is 54.7 Å². The van der Waals surface area contributed by atoms with Crippen molar-refractivity contribution < 1.29 is 19.4 Å². The number of aliphatic hydroxyl groups is 1. The number of para-hydroxylation sites is 1. The zero-order chi connectivity index (χ0) is 21.7. The number of rotatable bonds is 11. The van der Waals surface area contributed by atoms with E-state index in [1.807, 2.05) is 72.8 Å². The van der Waals surface area contributed by atoms with E-state index in [9.17, 15) is 4.79 Å². The molecule has 0 radical (unpaired) electrons. The summed E-state index contributed by atoms with van der Waals surface area (Å²) in [4.78, 5) is 12.3. The topological polar surface area (TPSA) is 55.8 Å². The number of carbonyl (C=O) groups excluding carboxylic acids is 1. The number of hydrogen-bond acceptors (Lipinski definition) is 4. The molecular formula is C27H28O4. The Balaban J connectivity index is 1.52. The Morgan fingerprint density at radius 1 is 0.806 bits per heavy atom. The molecule has 3 rings (SSSR count). The average molecular weight is 417 g/mol. The molecule has 0 unspecified atom stereocenters. The Morgan fingerprint density at radius 2 is 1.52 bits per heavy atom. The highest BCUT2D eigenvalue weighted by Gasteiger charge is 2.08. The van der Waals surface area contributed by atoms with Gasteiger partial charge in [0.15, 0.2) is 0 Å². The van der Waals surface area contributed by atoms with Crippen LogP contribution in [0, 0.1) is 0 Å². The third-order valence-corrected chi connectivity index (χ3v) is 4.80. The number of hydrogen-bond donors (Lipinski definition) is 1. The van der Waals surface area contributed by atoms with Crippen molar-refractivity contribution in [3.63, 3.8) is 0 Å². The van der Waals surface area contributed by atoms with Gasteiger partial charge >= 0.3 is 5.97 Å². The highest BCUT2D eigenvalue weighted by atomic mass is 16.5. The quantitative estimate of drug-likeness (QED) is 0.183. The molecule has 0 aliphatic carbocycles. The minimum absolute atomic E-state index is 0.253. The van der Waals surface area contributed by atoms with Crippen molar-refractivity contribution >= 4 is 12.0 Å². The number of unbranched alkanes of at least 4 members (excludes halogenated alkanes) is 3. The van der Waals surface area contributed by atoms with Crippen LogP contribution in [-0.2, 0) is 4.79 Å². The van der Waals surface area contributed by atoms with E-state index in [0.29, 0.717) is 12.4 Å². The second kappa shape index (κ2) is 12.4. The van der Waals surface area contributed by atoms with Crippen LogP contribution in [0.25, 0.3) is 17.2 Å². The normalized spacial score (nSPS) is 10.9. The van der Waals surface area contributed by atoms with Gasteiger partial charge in [-0.2, -0.15) is 0 Å². The SMILES string of the molecule is O=C(C=Cc1ccc(OCCCCCCO)cc1)Oc1ccccc1-c1ccccc1. The minimum Gasteiger partial charge on any atom is -0.494 e. The molecule has 1 N–H and O–H groups in total. The monoisotopic (exact) mass is 416 g/mol. The second-order valence-electron chi connectivity index (χ2n) is 7.17. The molecule has 0 atom stereocenters. The molecule has 160 valence electrons. The van der Waals surface area contributed by atoms with Crippen LogP contribution in [0.5, 0.6) is 11.5 Å². The Kier molecular flexibility index (Phi) is 8.89. The van der Waals surface area contributed by atoms with Crippen molar-refractivity contribution in [2.75, 3.05) is 13.2 Å². The smallest absolute Gasteiger partial charge is 0.336 e. The number of benzene rings is 3. The third kappa shape index (κ3) is 7.43. The largest absolute Gasteiger partial charge is 0.494 e. The summed E-state index contributed by atoms with van der Waals surface area (Å²) < 4.78 is 11.3. The summed E-state index contributed by atoms with van der Waals surface area (Å²) in [5, 5.41) is 8.77. The lowest BCUT2D eigenvalue weighted by atomic mass is 10.1. The van der Waals surface area contributed by atoms with E-state index >= 15 is 0 Å². The lowest BCUT2D eigenvalue weighted by molar-refractivity contribution is -0.128. The molecule has 4 nitrogen and oxygen atoms in total. The summed E-state index contributed by atoms with van der Waals surface area (Å²) in [5.74, 6) is 0.913. The molecule has 0 fully saturated rings. The van der Waals surface area contributed by atoms with Gasteiger partial charge in [-0.1, -0.05) is 67.1 Å². The number of esters is 1. The summed E-state index contributed by atoms with van der Waals surface area (Å²) in [6, 6.07) is 24.9. The van der Waals surface area contributed by atoms with Crippen molar-refractivity contribution in [3.05, 3.63) is 90.5 Å². The maximum absolute atomic E-state index is 12.3. The van der Waals surface area contributed by atoms with Gasteiger partial charge in [0.1, 0.15) is 11.5 Å². The van der Waals surface area contributed by atoms with Gasteiger partial charge in [-0.3, -0.25) is 0 Å². The fourth-order valence-electron chi connectivity index (χ4n) is 3.15.